The van der Waals surface area contributed by atoms with Crippen molar-refractivity contribution in [3.8, 4) is 0 Å². The summed E-state index contributed by atoms with van der Waals surface area (Å²) in [6.07, 6.45) is 4.80. The first-order chi connectivity index (χ1) is 13.0. The zero-order valence-corrected chi connectivity index (χ0v) is 15.9. The van der Waals surface area contributed by atoms with Crippen LogP contribution in [-0.4, -0.2) is 29.8 Å². The molecule has 5 nitrogen and oxygen atoms in total. The number of likely N-dealkylation sites (tertiary alicyclic amines) is 1. The monoisotopic (exact) mass is 366 g/mol. The minimum Gasteiger partial charge on any atom is -0.464 e. The molecule has 2 amide bonds. The molecule has 0 spiro atoms. The topological polar surface area (TPSA) is 62.6 Å². The first-order valence-corrected chi connectivity index (χ1v) is 9.41. The molecule has 1 N–H and O–H groups in total. The molecule has 0 bridgehead atoms. The number of piperidine rings is 1. The Morgan fingerprint density at radius 1 is 1.15 bits per heavy atom. The van der Waals surface area contributed by atoms with Gasteiger partial charge in [-0.3, -0.25) is 9.59 Å². The highest BCUT2D eigenvalue weighted by atomic mass is 16.3. The third-order valence-corrected chi connectivity index (χ3v) is 4.94. The lowest BCUT2D eigenvalue weighted by molar-refractivity contribution is -0.132. The predicted octanol–water partition coefficient (Wildman–Crippen LogP) is 3.72. The van der Waals surface area contributed by atoms with Gasteiger partial charge in [0.05, 0.1) is 6.04 Å². The number of amides is 2. The number of carbonyl (C=O) groups excluding carboxylic acids is 2. The van der Waals surface area contributed by atoms with E-state index in [1.807, 2.05) is 67.3 Å². The number of carbonyl (C=O) groups is 2. The second-order valence-corrected chi connectivity index (χ2v) is 7.02. The fourth-order valence-corrected chi connectivity index (χ4v) is 3.29. The molecule has 1 aromatic heterocycles. The van der Waals surface area contributed by atoms with Crippen LogP contribution in [0.25, 0.3) is 6.08 Å². The van der Waals surface area contributed by atoms with Gasteiger partial charge in [-0.05, 0) is 50.5 Å². The number of benzene rings is 1. The molecule has 1 saturated heterocycles. The van der Waals surface area contributed by atoms with Crippen molar-refractivity contribution >= 4 is 17.9 Å². The average Bonchev–Trinajstić information content (AvgIpc) is 3.13. The van der Waals surface area contributed by atoms with E-state index in [1.165, 1.54) is 0 Å². The van der Waals surface area contributed by atoms with Crippen LogP contribution in [0.15, 0.2) is 53.0 Å². The van der Waals surface area contributed by atoms with E-state index in [1.54, 1.807) is 6.08 Å². The van der Waals surface area contributed by atoms with Crippen LogP contribution in [0.3, 0.4) is 0 Å². The van der Waals surface area contributed by atoms with Crippen LogP contribution in [0.4, 0.5) is 0 Å². The molecule has 5 heteroatoms. The zero-order chi connectivity index (χ0) is 19.2. The summed E-state index contributed by atoms with van der Waals surface area (Å²) in [6.45, 7) is 5.01. The molecule has 1 aromatic carbocycles. The van der Waals surface area contributed by atoms with Crippen molar-refractivity contribution < 1.29 is 14.0 Å². The maximum absolute atomic E-state index is 12.5. The summed E-state index contributed by atoms with van der Waals surface area (Å²) >= 11 is 0. The summed E-state index contributed by atoms with van der Waals surface area (Å²) in [5.41, 5.74) is 1.00. The molecule has 1 atom stereocenters. The normalized spacial score (nSPS) is 16.4. The number of rotatable bonds is 5. The first kappa shape index (κ1) is 19.0. The lowest BCUT2D eigenvalue weighted by atomic mass is 9.95. The van der Waals surface area contributed by atoms with Gasteiger partial charge in [0, 0.05) is 25.1 Å². The number of hydrogen-bond donors (Lipinski definition) is 1. The second-order valence-electron chi connectivity index (χ2n) is 7.02. The maximum Gasteiger partial charge on any atom is 0.246 e. The van der Waals surface area contributed by atoms with Gasteiger partial charge < -0.3 is 14.6 Å². The summed E-state index contributed by atoms with van der Waals surface area (Å²) in [4.78, 5) is 26.7. The zero-order valence-electron chi connectivity index (χ0n) is 15.9. The number of nitrogens with zero attached hydrogens (tertiary/aromatic N) is 1. The van der Waals surface area contributed by atoms with E-state index in [4.69, 9.17) is 4.42 Å². The van der Waals surface area contributed by atoms with Gasteiger partial charge in [-0.1, -0.05) is 30.3 Å². The molecular formula is C22H26N2O3. The fourth-order valence-electron chi connectivity index (χ4n) is 3.29. The van der Waals surface area contributed by atoms with E-state index >= 15 is 0 Å². The van der Waals surface area contributed by atoms with Gasteiger partial charge in [0.1, 0.15) is 11.5 Å². The quantitative estimate of drug-likeness (QED) is 0.821. The second kappa shape index (κ2) is 8.71. The van der Waals surface area contributed by atoms with E-state index in [2.05, 4.69) is 5.32 Å². The van der Waals surface area contributed by atoms with Crippen LogP contribution in [0.2, 0.25) is 0 Å². The van der Waals surface area contributed by atoms with Crippen LogP contribution in [0, 0.1) is 12.8 Å². The van der Waals surface area contributed by atoms with Gasteiger partial charge in [-0.25, -0.2) is 0 Å². The molecular weight excluding hydrogens is 340 g/mol. The van der Waals surface area contributed by atoms with Crippen LogP contribution in [0.5, 0.6) is 0 Å². The summed E-state index contributed by atoms with van der Waals surface area (Å²) in [5.74, 6) is 1.56. The molecule has 1 fully saturated rings. The van der Waals surface area contributed by atoms with Gasteiger partial charge in [0.2, 0.25) is 11.8 Å². The van der Waals surface area contributed by atoms with Crippen LogP contribution < -0.4 is 5.32 Å². The lowest BCUT2D eigenvalue weighted by Crippen LogP contribution is -2.43. The Morgan fingerprint density at radius 3 is 2.48 bits per heavy atom. The summed E-state index contributed by atoms with van der Waals surface area (Å²) in [7, 11) is 0. The fraction of sp³-hybridized carbons (Fsp3) is 0.364. The van der Waals surface area contributed by atoms with Crippen molar-refractivity contribution in [2.24, 2.45) is 5.92 Å². The number of nitrogens with one attached hydrogen (secondary N) is 1. The van der Waals surface area contributed by atoms with Crippen molar-refractivity contribution in [3.63, 3.8) is 0 Å². The maximum atomic E-state index is 12.5. The lowest BCUT2D eigenvalue weighted by Gasteiger charge is -2.31. The van der Waals surface area contributed by atoms with E-state index in [-0.39, 0.29) is 23.8 Å². The summed E-state index contributed by atoms with van der Waals surface area (Å²) in [5, 5.41) is 3.02. The number of furan rings is 1. The largest absolute Gasteiger partial charge is 0.464 e. The highest BCUT2D eigenvalue weighted by molar-refractivity contribution is 5.92. The van der Waals surface area contributed by atoms with E-state index in [9.17, 15) is 9.59 Å². The molecule has 27 heavy (non-hydrogen) atoms. The van der Waals surface area contributed by atoms with Crippen molar-refractivity contribution in [1.82, 2.24) is 10.2 Å². The van der Waals surface area contributed by atoms with Gasteiger partial charge in [0.25, 0.3) is 0 Å². The summed E-state index contributed by atoms with van der Waals surface area (Å²) in [6, 6.07) is 13.4. The summed E-state index contributed by atoms with van der Waals surface area (Å²) < 4.78 is 5.57. The first-order valence-electron chi connectivity index (χ1n) is 9.41. The minimum absolute atomic E-state index is 0.00265. The molecule has 0 aliphatic carbocycles. The van der Waals surface area contributed by atoms with E-state index < -0.39 is 0 Å². The smallest absolute Gasteiger partial charge is 0.246 e. The Morgan fingerprint density at radius 2 is 1.85 bits per heavy atom. The molecule has 3 rings (SSSR count). The Bertz CT molecular complexity index is 802. The molecule has 2 heterocycles. The Balaban J connectivity index is 1.47. The number of aryl methyl sites for hydroxylation is 1. The minimum atomic E-state index is -0.153. The van der Waals surface area contributed by atoms with Gasteiger partial charge in [-0.2, -0.15) is 0 Å². The van der Waals surface area contributed by atoms with Crippen molar-refractivity contribution in [2.45, 2.75) is 32.7 Å². The van der Waals surface area contributed by atoms with Gasteiger partial charge in [0.15, 0.2) is 0 Å². The van der Waals surface area contributed by atoms with Crippen molar-refractivity contribution in [1.29, 1.82) is 0 Å². The van der Waals surface area contributed by atoms with E-state index in [0.29, 0.717) is 25.9 Å². The third kappa shape index (κ3) is 5.09. The molecule has 2 aromatic rings. The van der Waals surface area contributed by atoms with Gasteiger partial charge in [-0.15, -0.1) is 0 Å². The molecule has 0 radical (unpaired) electrons. The van der Waals surface area contributed by atoms with Crippen molar-refractivity contribution in [2.75, 3.05) is 13.1 Å². The standard InChI is InChI=1S/C22H26N2O3/c1-16-8-10-20(27-16)17(2)23-22(26)19-12-14-24(15-13-19)21(25)11-9-18-6-4-3-5-7-18/h3-11,17,19H,12-15H2,1-2H3,(H,23,26)/b11-9+. The van der Waals surface area contributed by atoms with Crippen LogP contribution >= 0.6 is 0 Å². The molecule has 142 valence electrons. The Kier molecular flexibility index (Phi) is 6.12. The third-order valence-electron chi connectivity index (χ3n) is 4.94. The Labute approximate surface area is 160 Å². The molecule has 1 aliphatic rings. The highest BCUT2D eigenvalue weighted by Crippen LogP contribution is 2.21. The molecule has 1 aliphatic heterocycles. The highest BCUT2D eigenvalue weighted by Gasteiger charge is 2.27. The predicted molar refractivity (Wildman–Crippen MR) is 105 cm³/mol. The molecule has 1 unspecified atom stereocenters. The number of hydrogen-bond acceptors (Lipinski definition) is 3. The van der Waals surface area contributed by atoms with Crippen LogP contribution in [0.1, 0.15) is 42.9 Å². The SMILES string of the molecule is Cc1ccc(C(C)NC(=O)C2CCN(C(=O)/C=C/c3ccccc3)CC2)o1. The van der Waals surface area contributed by atoms with Crippen molar-refractivity contribution in [3.05, 3.63) is 65.6 Å². The molecule has 0 saturated carbocycles. The Hall–Kier alpha value is -2.82. The van der Waals surface area contributed by atoms with Gasteiger partial charge >= 0.3 is 0 Å². The van der Waals surface area contributed by atoms with E-state index in [0.717, 1.165) is 17.1 Å². The van der Waals surface area contributed by atoms with Crippen LogP contribution in [-0.2, 0) is 9.59 Å². The average molecular weight is 366 g/mol.